The second-order valence-corrected chi connectivity index (χ2v) is 20.7. The summed E-state index contributed by atoms with van der Waals surface area (Å²) in [6.45, 7) is 6.91. The molecular weight excluding hydrogens is 901 g/mol. The van der Waals surface area contributed by atoms with Crippen molar-refractivity contribution >= 4 is 65.3 Å². The molecule has 1 aromatic heterocycles. The van der Waals surface area contributed by atoms with E-state index >= 15 is 0 Å². The molecule has 2 saturated carbocycles. The molecule has 2 aliphatic carbocycles. The number of carbonyl (C=O) groups excluding carboxylic acids is 1. The van der Waals surface area contributed by atoms with Gasteiger partial charge in [0.1, 0.15) is 11.6 Å². The van der Waals surface area contributed by atoms with Gasteiger partial charge in [-0.25, -0.2) is 29.9 Å². The third-order valence-corrected chi connectivity index (χ3v) is 13.4. The standard InChI is InChI=1S/C31H50Cl2N6O10S3.3K/c1-19(40)35-27-15-21(20(9-5-7-13-50(41,42)43)10-6-8-14-51(44,45)46)11-12-26(27)36-37-30-23(18-34)29(31(2,3)4)38-39(30)28-24(32)16-22(17-25(28)33)52(47,48)49;;;/h20-22,24-28H,5-17H2,1-4H3,(H,35,40)(H,41,42,43)(H,44,45,46)(H,47,48,49);;;/q;3*+1/p-3. The summed E-state index contributed by atoms with van der Waals surface area (Å²) in [5.41, 5.74) is -0.135. The Bertz CT molecular complexity index is 1770. The van der Waals surface area contributed by atoms with Crippen LogP contribution in [0.15, 0.2) is 10.2 Å². The Kier molecular flexibility index (Phi) is 26.7. The van der Waals surface area contributed by atoms with Crippen molar-refractivity contribution in [2.45, 2.75) is 138 Å². The van der Waals surface area contributed by atoms with Gasteiger partial charge in [0.05, 0.1) is 70.2 Å². The van der Waals surface area contributed by atoms with Crippen LogP contribution >= 0.6 is 23.2 Å². The zero-order valence-corrected chi connectivity index (χ0v) is 45.9. The normalized spacial score (nSPS) is 25.0. The minimum atomic E-state index is -4.67. The zero-order valence-electron chi connectivity index (χ0n) is 32.6. The van der Waals surface area contributed by atoms with Crippen LogP contribution in [0.25, 0.3) is 0 Å². The predicted molar refractivity (Wildman–Crippen MR) is 190 cm³/mol. The number of carbonyl (C=O) groups is 1. The van der Waals surface area contributed by atoms with Crippen LogP contribution in [0.3, 0.4) is 0 Å². The van der Waals surface area contributed by atoms with Crippen molar-refractivity contribution in [1.82, 2.24) is 15.1 Å². The molecule has 24 heteroatoms. The van der Waals surface area contributed by atoms with E-state index < -0.39 is 81.4 Å². The van der Waals surface area contributed by atoms with Crippen molar-refractivity contribution in [3.63, 3.8) is 0 Å². The van der Waals surface area contributed by atoms with Crippen LogP contribution in [-0.2, 0) is 40.6 Å². The number of unbranched alkanes of at least 4 members (excludes halogenated alkanes) is 2. The summed E-state index contributed by atoms with van der Waals surface area (Å²) < 4.78 is 104. The zero-order chi connectivity index (χ0) is 39.2. The largest absolute Gasteiger partial charge is 1.00 e. The maximum Gasteiger partial charge on any atom is 1.00 e. The molecule has 1 heterocycles. The molecule has 0 spiro atoms. The number of amides is 1. The van der Waals surface area contributed by atoms with E-state index in [4.69, 9.17) is 28.3 Å². The number of hydrogen-bond acceptors (Lipinski definition) is 14. The number of hydrogen-bond donors (Lipinski definition) is 1. The molecule has 0 bridgehead atoms. The number of alkyl halides is 2. The first-order valence-corrected chi connectivity index (χ1v) is 22.7. The summed E-state index contributed by atoms with van der Waals surface area (Å²) in [5, 5.41) is 23.9. The topological polar surface area (TPSA) is 267 Å². The Hall–Kier alpha value is 2.99. The predicted octanol–water partition coefficient (Wildman–Crippen LogP) is -4.67. The maximum absolute atomic E-state index is 12.4. The number of rotatable bonds is 16. The Morgan fingerprint density at radius 1 is 0.927 bits per heavy atom. The van der Waals surface area contributed by atoms with Gasteiger partial charge in [-0.1, -0.05) is 46.5 Å². The van der Waals surface area contributed by atoms with Crippen LogP contribution in [0.2, 0.25) is 0 Å². The van der Waals surface area contributed by atoms with E-state index in [-0.39, 0.29) is 209 Å². The van der Waals surface area contributed by atoms with Crippen molar-refractivity contribution in [3.05, 3.63) is 11.3 Å². The van der Waals surface area contributed by atoms with E-state index in [1.807, 2.05) is 20.8 Å². The van der Waals surface area contributed by atoms with E-state index in [1.54, 1.807) is 0 Å². The molecule has 0 saturated heterocycles. The van der Waals surface area contributed by atoms with Crippen LogP contribution in [-0.4, -0.2) is 94.2 Å². The summed E-state index contributed by atoms with van der Waals surface area (Å²) in [7, 11) is -13.4. The van der Waals surface area contributed by atoms with Crippen LogP contribution in [0.1, 0.15) is 116 Å². The molecule has 5 unspecified atom stereocenters. The average Bonchev–Trinajstić information content (AvgIpc) is 3.36. The van der Waals surface area contributed by atoms with Gasteiger partial charge in [0, 0.05) is 23.8 Å². The fourth-order valence-electron chi connectivity index (χ4n) is 7.29. The minimum Gasteiger partial charge on any atom is -0.748 e. The third kappa shape index (κ3) is 19.1. The summed E-state index contributed by atoms with van der Waals surface area (Å²) in [4.78, 5) is 12.4. The molecule has 16 nitrogen and oxygen atoms in total. The molecule has 0 aliphatic heterocycles. The molecule has 1 N–H and O–H groups in total. The van der Waals surface area contributed by atoms with Crippen LogP contribution in [0.4, 0.5) is 5.82 Å². The SMILES string of the molecule is CC(=O)NC1CC(C(CCCCS(=O)(=O)[O-])CCCCS(=O)(=O)[O-])CCC1N=Nc1c(C#N)c(C(C)(C)C)nn1C1C(Cl)CC(S(=O)(=O)[O-])CC1Cl.[K+].[K+].[K+]. The Balaban J connectivity index is 0.00000972. The van der Waals surface area contributed by atoms with Gasteiger partial charge in [0.15, 0.2) is 5.82 Å². The number of azo groups is 1. The van der Waals surface area contributed by atoms with Crippen molar-refractivity contribution in [2.24, 2.45) is 22.1 Å². The summed E-state index contributed by atoms with van der Waals surface area (Å²) >= 11 is 13.3. The van der Waals surface area contributed by atoms with E-state index in [0.717, 1.165) is 0 Å². The number of halogens is 2. The van der Waals surface area contributed by atoms with Gasteiger partial charge in [-0.15, -0.1) is 28.3 Å². The van der Waals surface area contributed by atoms with E-state index in [9.17, 15) is 49.0 Å². The number of nitrogens with one attached hydrogen (secondary N) is 1. The number of nitriles is 1. The van der Waals surface area contributed by atoms with E-state index in [2.05, 4.69) is 21.6 Å². The number of aromatic nitrogens is 2. The first-order valence-electron chi connectivity index (χ1n) is 17.2. The Morgan fingerprint density at radius 2 is 1.44 bits per heavy atom. The molecule has 0 aromatic carbocycles. The summed E-state index contributed by atoms with van der Waals surface area (Å²) in [6, 6.07) is 0.266. The maximum atomic E-state index is 12.4. The van der Waals surface area contributed by atoms with Crippen LogP contribution < -0.4 is 159 Å². The van der Waals surface area contributed by atoms with Crippen molar-refractivity contribution < 1.29 is 198 Å². The van der Waals surface area contributed by atoms with Crippen molar-refractivity contribution in [1.29, 1.82) is 5.26 Å². The average molecular weight is 948 g/mol. The minimum absolute atomic E-state index is 0. The quantitative estimate of drug-likeness (QED) is 0.0539. The van der Waals surface area contributed by atoms with E-state index in [0.29, 0.717) is 50.6 Å². The fourth-order valence-corrected chi connectivity index (χ4v) is 10.6. The molecule has 55 heavy (non-hydrogen) atoms. The van der Waals surface area contributed by atoms with Crippen molar-refractivity contribution in [3.8, 4) is 6.07 Å². The number of nitrogens with zero attached hydrogens (tertiary/aromatic N) is 5. The van der Waals surface area contributed by atoms with Crippen LogP contribution in [0, 0.1) is 23.2 Å². The van der Waals surface area contributed by atoms with Gasteiger partial charge >= 0.3 is 154 Å². The van der Waals surface area contributed by atoms with Crippen molar-refractivity contribution in [2.75, 3.05) is 11.5 Å². The fraction of sp³-hybridized carbons (Fsp3) is 0.839. The van der Waals surface area contributed by atoms with Gasteiger partial charge in [0.25, 0.3) is 0 Å². The molecule has 0 radical (unpaired) electrons. The van der Waals surface area contributed by atoms with Gasteiger partial charge in [-0.05, 0) is 56.8 Å². The van der Waals surface area contributed by atoms with Gasteiger partial charge in [-0.2, -0.15) is 15.5 Å². The van der Waals surface area contributed by atoms with Crippen LogP contribution in [0.5, 0.6) is 0 Å². The smallest absolute Gasteiger partial charge is 0.748 e. The third-order valence-electron chi connectivity index (χ3n) is 9.76. The molecule has 2 aliphatic rings. The summed E-state index contributed by atoms with van der Waals surface area (Å²) in [6.07, 6.45) is 3.49. The second-order valence-electron chi connectivity index (χ2n) is 14.9. The molecule has 3 rings (SSSR count). The molecule has 296 valence electrons. The molecule has 5 atom stereocenters. The summed E-state index contributed by atoms with van der Waals surface area (Å²) in [5.74, 6) is -1.27. The van der Waals surface area contributed by atoms with E-state index in [1.165, 1.54) is 11.6 Å². The Labute approximate surface area is 463 Å². The van der Waals surface area contributed by atoms with Gasteiger partial charge in [0.2, 0.25) is 5.91 Å². The first-order chi connectivity index (χ1) is 23.9. The monoisotopic (exact) mass is 946 g/mol. The second kappa shape index (κ2) is 25.3. The first kappa shape index (κ1) is 58.0. The Morgan fingerprint density at radius 3 is 1.85 bits per heavy atom. The molecule has 2 fully saturated rings. The molecule has 1 amide bonds. The molecule has 1 aromatic rings. The molecular formula is C31H47Cl2K3N6O10S3. The van der Waals surface area contributed by atoms with Gasteiger partial charge < -0.3 is 19.0 Å². The van der Waals surface area contributed by atoms with Gasteiger partial charge in [-0.3, -0.25) is 4.79 Å².